The van der Waals surface area contributed by atoms with Gasteiger partial charge in [-0.05, 0) is 54.5 Å². The standard InChI is InChI=1S/C22H20Cl2N2O3/c1-14-10-17(23)6-9-20(14)29-13-16-11-15(5-8-21(16)28-3)4-7-19(27)22-18(24)12-26(2)25-22/h4-12H,13H2,1-3H3/b7-4+. The molecule has 0 radical (unpaired) electrons. The number of hydrogen-bond acceptors (Lipinski definition) is 4. The van der Waals surface area contributed by atoms with Gasteiger partial charge in [-0.2, -0.15) is 5.10 Å². The number of methoxy groups -OCH3 is 1. The lowest BCUT2D eigenvalue weighted by atomic mass is 10.1. The quantitative estimate of drug-likeness (QED) is 0.365. The van der Waals surface area contributed by atoms with Crippen LogP contribution in [-0.2, 0) is 13.7 Å². The molecule has 29 heavy (non-hydrogen) atoms. The van der Waals surface area contributed by atoms with Crippen LogP contribution in [-0.4, -0.2) is 22.7 Å². The average Bonchev–Trinajstić information content (AvgIpc) is 3.03. The van der Waals surface area contributed by atoms with Crippen LogP contribution in [0.3, 0.4) is 0 Å². The second-order valence-corrected chi connectivity index (χ2v) is 7.31. The Bertz CT molecular complexity index is 1070. The number of benzene rings is 2. The molecule has 2 aromatic carbocycles. The van der Waals surface area contributed by atoms with E-state index in [1.54, 1.807) is 32.5 Å². The summed E-state index contributed by atoms with van der Waals surface area (Å²) in [6.07, 6.45) is 4.75. The largest absolute Gasteiger partial charge is 0.496 e. The van der Waals surface area contributed by atoms with Gasteiger partial charge in [0.2, 0.25) is 5.78 Å². The summed E-state index contributed by atoms with van der Waals surface area (Å²) in [4.78, 5) is 12.3. The molecule has 0 aliphatic heterocycles. The number of carbonyl (C=O) groups excluding carboxylic acids is 1. The Hall–Kier alpha value is -2.76. The Balaban J connectivity index is 1.77. The molecular weight excluding hydrogens is 411 g/mol. The molecule has 0 N–H and O–H groups in total. The predicted octanol–water partition coefficient (Wildman–Crippen LogP) is 5.52. The van der Waals surface area contributed by atoms with E-state index in [1.807, 2.05) is 37.3 Å². The number of ether oxygens (including phenoxy) is 2. The van der Waals surface area contributed by atoms with Crippen LogP contribution in [0, 0.1) is 6.92 Å². The lowest BCUT2D eigenvalue weighted by Gasteiger charge is -2.13. The maximum absolute atomic E-state index is 12.3. The van der Waals surface area contributed by atoms with Crippen molar-refractivity contribution >= 4 is 35.1 Å². The zero-order valence-corrected chi connectivity index (χ0v) is 17.8. The molecular formula is C22H20Cl2N2O3. The third-order valence-electron chi connectivity index (χ3n) is 4.27. The molecule has 1 heterocycles. The smallest absolute Gasteiger partial charge is 0.207 e. The van der Waals surface area contributed by atoms with E-state index in [9.17, 15) is 4.79 Å². The average molecular weight is 431 g/mol. The fourth-order valence-electron chi connectivity index (χ4n) is 2.82. The number of aromatic nitrogens is 2. The molecule has 0 saturated heterocycles. The third-order valence-corrected chi connectivity index (χ3v) is 4.78. The first-order chi connectivity index (χ1) is 13.9. The Morgan fingerprint density at radius 2 is 1.93 bits per heavy atom. The van der Waals surface area contributed by atoms with Gasteiger partial charge < -0.3 is 9.47 Å². The van der Waals surface area contributed by atoms with Crippen molar-refractivity contribution in [3.8, 4) is 11.5 Å². The number of nitrogens with zero attached hydrogens (tertiary/aromatic N) is 2. The van der Waals surface area contributed by atoms with Crippen molar-refractivity contribution < 1.29 is 14.3 Å². The van der Waals surface area contributed by atoms with Gasteiger partial charge in [0.1, 0.15) is 18.1 Å². The highest BCUT2D eigenvalue weighted by atomic mass is 35.5. The summed E-state index contributed by atoms with van der Waals surface area (Å²) in [5.41, 5.74) is 2.86. The second kappa shape index (κ2) is 9.16. The summed E-state index contributed by atoms with van der Waals surface area (Å²) in [5.74, 6) is 1.19. The summed E-state index contributed by atoms with van der Waals surface area (Å²) in [6.45, 7) is 2.25. The van der Waals surface area contributed by atoms with Crippen molar-refractivity contribution in [2.24, 2.45) is 7.05 Å². The first-order valence-corrected chi connectivity index (χ1v) is 9.60. The number of allylic oxidation sites excluding steroid dienone is 1. The zero-order chi connectivity index (χ0) is 21.0. The molecule has 0 unspecified atom stereocenters. The van der Waals surface area contributed by atoms with Crippen molar-refractivity contribution in [3.05, 3.63) is 81.1 Å². The van der Waals surface area contributed by atoms with Crippen molar-refractivity contribution in [1.29, 1.82) is 0 Å². The lowest BCUT2D eigenvalue weighted by Crippen LogP contribution is -2.01. The van der Waals surface area contributed by atoms with Crippen LogP contribution >= 0.6 is 23.2 Å². The Morgan fingerprint density at radius 3 is 2.59 bits per heavy atom. The van der Waals surface area contributed by atoms with E-state index >= 15 is 0 Å². The van der Waals surface area contributed by atoms with Gasteiger partial charge in [0.25, 0.3) is 0 Å². The summed E-state index contributed by atoms with van der Waals surface area (Å²) >= 11 is 12.0. The van der Waals surface area contributed by atoms with Gasteiger partial charge in [0.05, 0.1) is 12.1 Å². The van der Waals surface area contributed by atoms with E-state index in [0.717, 1.165) is 22.4 Å². The highest BCUT2D eigenvalue weighted by Crippen LogP contribution is 2.26. The third kappa shape index (κ3) is 5.19. The predicted molar refractivity (Wildman–Crippen MR) is 115 cm³/mol. The van der Waals surface area contributed by atoms with Crippen molar-refractivity contribution in [2.75, 3.05) is 7.11 Å². The SMILES string of the molecule is COc1ccc(/C=C/C(=O)c2nn(C)cc2Cl)cc1COc1ccc(Cl)cc1C. The molecule has 150 valence electrons. The topological polar surface area (TPSA) is 53.3 Å². The Kier molecular flexibility index (Phi) is 6.62. The van der Waals surface area contributed by atoms with Gasteiger partial charge in [0.15, 0.2) is 5.69 Å². The minimum Gasteiger partial charge on any atom is -0.496 e. The minimum atomic E-state index is -0.263. The molecule has 0 bridgehead atoms. The number of aryl methyl sites for hydroxylation is 2. The molecule has 0 aliphatic rings. The second-order valence-electron chi connectivity index (χ2n) is 6.47. The Labute approximate surface area is 179 Å². The molecule has 0 atom stereocenters. The molecule has 3 rings (SSSR count). The van der Waals surface area contributed by atoms with Crippen molar-refractivity contribution in [2.45, 2.75) is 13.5 Å². The van der Waals surface area contributed by atoms with E-state index in [1.165, 1.54) is 10.8 Å². The summed E-state index contributed by atoms with van der Waals surface area (Å²) in [5, 5.41) is 5.07. The summed E-state index contributed by atoms with van der Waals surface area (Å²) in [7, 11) is 3.32. The fraction of sp³-hybridized carbons (Fsp3) is 0.182. The van der Waals surface area contributed by atoms with Crippen LogP contribution in [0.4, 0.5) is 0 Å². The number of ketones is 1. The van der Waals surface area contributed by atoms with Crippen LogP contribution in [0.5, 0.6) is 11.5 Å². The molecule has 1 aromatic heterocycles. The number of rotatable bonds is 7. The maximum Gasteiger partial charge on any atom is 0.207 e. The molecule has 7 heteroatoms. The van der Waals surface area contributed by atoms with E-state index in [-0.39, 0.29) is 11.5 Å². The fourth-order valence-corrected chi connectivity index (χ4v) is 3.32. The summed E-state index contributed by atoms with van der Waals surface area (Å²) in [6, 6.07) is 11.1. The van der Waals surface area contributed by atoms with E-state index in [2.05, 4.69) is 5.10 Å². The van der Waals surface area contributed by atoms with Gasteiger partial charge in [-0.25, -0.2) is 0 Å². The lowest BCUT2D eigenvalue weighted by molar-refractivity contribution is 0.104. The minimum absolute atomic E-state index is 0.223. The summed E-state index contributed by atoms with van der Waals surface area (Å²) < 4.78 is 12.9. The Morgan fingerprint density at radius 1 is 1.17 bits per heavy atom. The van der Waals surface area contributed by atoms with Crippen LogP contribution in [0.1, 0.15) is 27.2 Å². The molecule has 3 aromatic rings. The van der Waals surface area contributed by atoms with E-state index in [4.69, 9.17) is 32.7 Å². The van der Waals surface area contributed by atoms with Gasteiger partial charge in [-0.1, -0.05) is 35.3 Å². The molecule has 0 fully saturated rings. The molecule has 0 saturated carbocycles. The highest BCUT2D eigenvalue weighted by Gasteiger charge is 2.12. The maximum atomic E-state index is 12.3. The number of hydrogen-bond donors (Lipinski definition) is 0. The van der Waals surface area contributed by atoms with Gasteiger partial charge in [-0.3, -0.25) is 9.48 Å². The van der Waals surface area contributed by atoms with E-state index in [0.29, 0.717) is 22.4 Å². The highest BCUT2D eigenvalue weighted by molar-refractivity contribution is 6.34. The van der Waals surface area contributed by atoms with Crippen molar-refractivity contribution in [1.82, 2.24) is 9.78 Å². The first kappa shape index (κ1) is 21.0. The molecule has 0 aliphatic carbocycles. The zero-order valence-electron chi connectivity index (χ0n) is 16.3. The molecule has 0 spiro atoms. The number of halogens is 2. The van der Waals surface area contributed by atoms with Crippen LogP contribution in [0.15, 0.2) is 48.7 Å². The number of carbonyl (C=O) groups is 1. The van der Waals surface area contributed by atoms with Crippen LogP contribution < -0.4 is 9.47 Å². The molecule has 5 nitrogen and oxygen atoms in total. The molecule has 0 amide bonds. The van der Waals surface area contributed by atoms with Gasteiger partial charge in [-0.15, -0.1) is 0 Å². The first-order valence-electron chi connectivity index (χ1n) is 8.85. The van der Waals surface area contributed by atoms with Gasteiger partial charge >= 0.3 is 0 Å². The normalized spacial score (nSPS) is 11.1. The van der Waals surface area contributed by atoms with Crippen LogP contribution in [0.25, 0.3) is 6.08 Å². The monoisotopic (exact) mass is 430 g/mol. The van der Waals surface area contributed by atoms with Crippen molar-refractivity contribution in [3.63, 3.8) is 0 Å². The van der Waals surface area contributed by atoms with Crippen LogP contribution in [0.2, 0.25) is 10.0 Å². The van der Waals surface area contributed by atoms with Gasteiger partial charge in [0, 0.05) is 23.8 Å². The van der Waals surface area contributed by atoms with E-state index < -0.39 is 0 Å².